The van der Waals surface area contributed by atoms with Crippen molar-refractivity contribution in [1.82, 2.24) is 10.6 Å². The molecule has 0 fully saturated rings. The van der Waals surface area contributed by atoms with Gasteiger partial charge in [0.1, 0.15) is 24.4 Å². The summed E-state index contributed by atoms with van der Waals surface area (Å²) in [4.78, 5) is 37.7. The lowest BCUT2D eigenvalue weighted by molar-refractivity contribution is -0.142. The van der Waals surface area contributed by atoms with Crippen LogP contribution in [0.1, 0.15) is 42.9 Å². The summed E-state index contributed by atoms with van der Waals surface area (Å²) in [5, 5.41) is 24.3. The van der Waals surface area contributed by atoms with Gasteiger partial charge in [-0.05, 0) is 52.3 Å². The molecule has 3 aromatic rings. The Morgan fingerprint density at radius 3 is 1.97 bits per heavy atom. The molecule has 8 nitrogen and oxygen atoms in total. The summed E-state index contributed by atoms with van der Waals surface area (Å²) in [6.07, 6.45) is -0.402. The highest BCUT2D eigenvalue weighted by atomic mass is 16.5. The van der Waals surface area contributed by atoms with Crippen LogP contribution in [0, 0.1) is 5.92 Å². The van der Waals surface area contributed by atoms with Crippen LogP contribution in [-0.4, -0.2) is 46.9 Å². The third-order valence-electron chi connectivity index (χ3n) is 6.65. The number of fused-ring (bicyclic) bond motifs is 3. The molecule has 4 N–H and O–H groups in total. The second-order valence-electron chi connectivity index (χ2n) is 9.92. The van der Waals surface area contributed by atoms with E-state index in [4.69, 9.17) is 4.74 Å². The molecule has 1 aliphatic rings. The van der Waals surface area contributed by atoms with Crippen molar-refractivity contribution in [2.24, 2.45) is 5.92 Å². The van der Waals surface area contributed by atoms with Gasteiger partial charge in [-0.2, -0.15) is 0 Å². The van der Waals surface area contributed by atoms with Gasteiger partial charge < -0.3 is 25.6 Å². The van der Waals surface area contributed by atoms with E-state index < -0.39 is 30.1 Å². The predicted molar refractivity (Wildman–Crippen MR) is 143 cm³/mol. The third-order valence-corrected chi connectivity index (χ3v) is 6.65. The Morgan fingerprint density at radius 2 is 1.42 bits per heavy atom. The van der Waals surface area contributed by atoms with E-state index in [9.17, 15) is 24.6 Å². The summed E-state index contributed by atoms with van der Waals surface area (Å²) < 4.78 is 5.59. The molecule has 0 heterocycles. The molecule has 38 heavy (non-hydrogen) atoms. The topological polar surface area (TPSA) is 125 Å². The Bertz CT molecular complexity index is 1260. The highest BCUT2D eigenvalue weighted by Gasteiger charge is 2.31. The molecule has 4 rings (SSSR count). The van der Waals surface area contributed by atoms with Crippen LogP contribution in [0.4, 0.5) is 4.79 Å². The van der Waals surface area contributed by atoms with E-state index >= 15 is 0 Å². The van der Waals surface area contributed by atoms with Gasteiger partial charge in [0.05, 0.1) is 0 Å². The van der Waals surface area contributed by atoms with Crippen molar-refractivity contribution >= 4 is 18.0 Å². The average Bonchev–Trinajstić information content (AvgIpc) is 3.21. The van der Waals surface area contributed by atoms with Crippen molar-refractivity contribution in [3.05, 3.63) is 89.5 Å². The van der Waals surface area contributed by atoms with E-state index in [2.05, 4.69) is 10.6 Å². The minimum absolute atomic E-state index is 0.0285. The standard InChI is InChI=1S/C30H32N2O6/c1-18(2)15-26(28(34)31-27(29(35)36)16-19-11-13-20(33)14-12-19)32-30(37)38-17-25-23-9-5-3-7-21(23)22-8-4-6-10-24(22)25/h3-14,18,25-27,33H,15-17H2,1-2H3,(H,31,34)(H,32,37)(H,35,36)/t26-,27-/m0/s1. The number of carbonyl (C=O) groups is 3. The minimum Gasteiger partial charge on any atom is -0.508 e. The summed E-state index contributed by atoms with van der Waals surface area (Å²) in [5.41, 5.74) is 5.03. The molecule has 198 valence electrons. The number of carboxylic acid groups (broad SMARTS) is 1. The second-order valence-corrected chi connectivity index (χ2v) is 9.92. The molecule has 2 amide bonds. The summed E-state index contributed by atoms with van der Waals surface area (Å²) in [6, 6.07) is 19.9. The molecule has 8 heteroatoms. The van der Waals surface area contributed by atoms with Crippen LogP contribution in [0.15, 0.2) is 72.8 Å². The van der Waals surface area contributed by atoms with Gasteiger partial charge in [0, 0.05) is 12.3 Å². The van der Waals surface area contributed by atoms with Gasteiger partial charge in [-0.1, -0.05) is 74.5 Å². The van der Waals surface area contributed by atoms with Crippen molar-refractivity contribution in [1.29, 1.82) is 0 Å². The van der Waals surface area contributed by atoms with Crippen LogP contribution < -0.4 is 10.6 Å². The zero-order chi connectivity index (χ0) is 27.2. The molecule has 2 atom stereocenters. The number of alkyl carbamates (subject to hydrolysis) is 1. The van der Waals surface area contributed by atoms with E-state index in [-0.39, 0.29) is 30.6 Å². The fraction of sp³-hybridized carbons (Fsp3) is 0.300. The molecule has 0 saturated carbocycles. The van der Waals surface area contributed by atoms with E-state index in [1.54, 1.807) is 12.1 Å². The summed E-state index contributed by atoms with van der Waals surface area (Å²) in [6.45, 7) is 3.92. The number of rotatable bonds is 10. The lowest BCUT2D eigenvalue weighted by Crippen LogP contribution is -2.52. The van der Waals surface area contributed by atoms with Crippen molar-refractivity contribution in [2.45, 2.75) is 44.7 Å². The molecule has 0 spiro atoms. The number of carboxylic acids is 1. The van der Waals surface area contributed by atoms with Crippen LogP contribution in [0.5, 0.6) is 5.75 Å². The predicted octanol–water partition coefficient (Wildman–Crippen LogP) is 4.46. The molecule has 3 aromatic carbocycles. The molecule has 0 aromatic heterocycles. The Hall–Kier alpha value is -4.33. The van der Waals surface area contributed by atoms with Crippen LogP contribution in [-0.2, 0) is 20.7 Å². The molecule has 0 aliphatic heterocycles. The van der Waals surface area contributed by atoms with E-state index in [1.165, 1.54) is 12.1 Å². The average molecular weight is 517 g/mol. The number of nitrogens with one attached hydrogen (secondary N) is 2. The van der Waals surface area contributed by atoms with Gasteiger partial charge in [-0.15, -0.1) is 0 Å². The number of benzene rings is 3. The van der Waals surface area contributed by atoms with Crippen molar-refractivity contribution < 1.29 is 29.3 Å². The Kier molecular flexibility index (Phi) is 8.31. The Labute approximate surface area is 221 Å². The summed E-state index contributed by atoms with van der Waals surface area (Å²) >= 11 is 0. The minimum atomic E-state index is -1.20. The first kappa shape index (κ1) is 26.7. The summed E-state index contributed by atoms with van der Waals surface area (Å²) in [5.74, 6) is -1.80. The lowest BCUT2D eigenvalue weighted by Gasteiger charge is -2.23. The summed E-state index contributed by atoms with van der Waals surface area (Å²) in [7, 11) is 0. The largest absolute Gasteiger partial charge is 0.508 e. The van der Waals surface area contributed by atoms with Gasteiger partial charge in [-0.3, -0.25) is 4.79 Å². The number of aliphatic carboxylic acids is 1. The maximum Gasteiger partial charge on any atom is 0.407 e. The van der Waals surface area contributed by atoms with Gasteiger partial charge in [0.15, 0.2) is 0 Å². The third kappa shape index (κ3) is 6.32. The fourth-order valence-electron chi connectivity index (χ4n) is 4.83. The second kappa shape index (κ2) is 11.8. The van der Waals surface area contributed by atoms with E-state index in [0.717, 1.165) is 22.3 Å². The number of amides is 2. The smallest absolute Gasteiger partial charge is 0.407 e. The van der Waals surface area contributed by atoms with Crippen molar-refractivity contribution in [2.75, 3.05) is 6.61 Å². The van der Waals surface area contributed by atoms with Crippen LogP contribution >= 0.6 is 0 Å². The van der Waals surface area contributed by atoms with Gasteiger partial charge in [-0.25, -0.2) is 9.59 Å². The number of hydrogen-bond acceptors (Lipinski definition) is 5. The lowest BCUT2D eigenvalue weighted by atomic mass is 9.98. The van der Waals surface area contributed by atoms with Crippen LogP contribution in [0.2, 0.25) is 0 Å². The molecular weight excluding hydrogens is 484 g/mol. The van der Waals surface area contributed by atoms with Gasteiger partial charge >= 0.3 is 12.1 Å². The number of hydrogen-bond donors (Lipinski definition) is 4. The quantitative estimate of drug-likeness (QED) is 0.315. The van der Waals surface area contributed by atoms with Crippen molar-refractivity contribution in [3.8, 4) is 16.9 Å². The first-order valence-corrected chi connectivity index (χ1v) is 12.7. The first-order valence-electron chi connectivity index (χ1n) is 12.7. The number of carbonyl (C=O) groups excluding carboxylic acids is 2. The maximum atomic E-state index is 13.1. The SMILES string of the molecule is CC(C)C[C@H](NC(=O)OCC1c2ccccc2-c2ccccc21)C(=O)N[C@@H](Cc1ccc(O)cc1)C(=O)O. The van der Waals surface area contributed by atoms with Crippen molar-refractivity contribution in [3.63, 3.8) is 0 Å². The zero-order valence-corrected chi connectivity index (χ0v) is 21.4. The van der Waals surface area contributed by atoms with Gasteiger partial charge in [0.25, 0.3) is 0 Å². The first-order chi connectivity index (χ1) is 18.2. The molecule has 1 aliphatic carbocycles. The number of ether oxygens (including phenoxy) is 1. The molecule has 0 unspecified atom stereocenters. The molecule has 0 saturated heterocycles. The van der Waals surface area contributed by atoms with Crippen LogP contribution in [0.3, 0.4) is 0 Å². The molecule has 0 radical (unpaired) electrons. The van der Waals surface area contributed by atoms with E-state index in [1.807, 2.05) is 62.4 Å². The number of phenols is 1. The fourth-order valence-corrected chi connectivity index (χ4v) is 4.83. The van der Waals surface area contributed by atoms with Crippen LogP contribution in [0.25, 0.3) is 11.1 Å². The Balaban J connectivity index is 1.41. The highest BCUT2D eigenvalue weighted by molar-refractivity contribution is 5.89. The maximum absolute atomic E-state index is 13.1. The van der Waals surface area contributed by atoms with E-state index in [0.29, 0.717) is 12.0 Å². The molecule has 0 bridgehead atoms. The zero-order valence-electron chi connectivity index (χ0n) is 21.4. The Morgan fingerprint density at radius 1 is 0.842 bits per heavy atom. The molecular formula is C30H32N2O6. The number of phenolic OH excluding ortho intramolecular Hbond substituents is 1. The monoisotopic (exact) mass is 516 g/mol. The van der Waals surface area contributed by atoms with Gasteiger partial charge in [0.2, 0.25) is 5.91 Å². The number of aromatic hydroxyl groups is 1. The normalized spacial score (nSPS) is 13.8. The highest BCUT2D eigenvalue weighted by Crippen LogP contribution is 2.44.